The number of carbonyl (C=O) groups is 2. The molecule has 0 aliphatic rings. The molecule has 0 saturated carbocycles. The standard InChI is InChI=1S/C4H7NO4S/c5-4(7)3(1-6)2-10(8)9/h1,3H,2H2,(H2,5,7)(H,8,9)/p-1. The first kappa shape index (κ1) is 9.25. The van der Waals surface area contributed by atoms with Crippen molar-refractivity contribution in [3.63, 3.8) is 0 Å². The van der Waals surface area contributed by atoms with Crippen molar-refractivity contribution in [2.24, 2.45) is 11.7 Å². The second kappa shape index (κ2) is 4.13. The van der Waals surface area contributed by atoms with Gasteiger partial charge in [0, 0.05) is 5.75 Å². The Hall–Kier alpha value is -0.750. The molecule has 58 valence electrons. The zero-order valence-corrected chi connectivity index (χ0v) is 5.80. The lowest BCUT2D eigenvalue weighted by molar-refractivity contribution is -0.125. The first-order chi connectivity index (χ1) is 4.57. The smallest absolute Gasteiger partial charge is 0.228 e. The van der Waals surface area contributed by atoms with Gasteiger partial charge in [0.2, 0.25) is 5.91 Å². The molecular weight excluding hydrogens is 158 g/mol. The average molecular weight is 164 g/mol. The minimum atomic E-state index is -2.40. The number of nitrogens with two attached hydrogens (primary N) is 1. The van der Waals surface area contributed by atoms with Crippen molar-refractivity contribution in [2.45, 2.75) is 0 Å². The highest BCUT2D eigenvalue weighted by Gasteiger charge is 2.13. The fourth-order valence-corrected chi connectivity index (χ4v) is 0.871. The summed E-state index contributed by atoms with van der Waals surface area (Å²) < 4.78 is 19.8. The van der Waals surface area contributed by atoms with Gasteiger partial charge in [-0.3, -0.25) is 9.00 Å². The zero-order valence-electron chi connectivity index (χ0n) is 4.98. The van der Waals surface area contributed by atoms with Gasteiger partial charge in [0.25, 0.3) is 0 Å². The molecule has 6 heteroatoms. The Morgan fingerprint density at radius 3 is 2.40 bits per heavy atom. The predicted molar refractivity (Wildman–Crippen MR) is 32.5 cm³/mol. The van der Waals surface area contributed by atoms with Gasteiger partial charge < -0.3 is 15.1 Å². The molecule has 2 atom stereocenters. The van der Waals surface area contributed by atoms with Gasteiger partial charge in [0.05, 0.1) is 0 Å². The first-order valence-corrected chi connectivity index (χ1v) is 3.62. The van der Waals surface area contributed by atoms with Crippen LogP contribution in [-0.2, 0) is 20.7 Å². The van der Waals surface area contributed by atoms with Gasteiger partial charge in [0.15, 0.2) is 0 Å². The Balaban J connectivity index is 3.96. The summed E-state index contributed by atoms with van der Waals surface area (Å²) in [7, 11) is 0. The molecular formula is C4H6NO4S-. The highest BCUT2D eigenvalue weighted by molar-refractivity contribution is 7.79. The number of carbonyl (C=O) groups excluding carboxylic acids is 2. The largest absolute Gasteiger partial charge is 0.772 e. The predicted octanol–water partition coefficient (Wildman–Crippen LogP) is -1.83. The van der Waals surface area contributed by atoms with Crippen molar-refractivity contribution >= 4 is 23.3 Å². The first-order valence-electron chi connectivity index (χ1n) is 2.38. The molecule has 0 bridgehead atoms. The highest BCUT2D eigenvalue weighted by Crippen LogP contribution is 1.91. The second-order valence-electron chi connectivity index (χ2n) is 1.62. The van der Waals surface area contributed by atoms with Crippen LogP contribution in [0, 0.1) is 5.92 Å². The quantitative estimate of drug-likeness (QED) is 0.300. The third-order valence-electron chi connectivity index (χ3n) is 0.845. The molecule has 0 rings (SSSR count). The molecule has 0 heterocycles. The topological polar surface area (TPSA) is 100 Å². The second-order valence-corrected chi connectivity index (χ2v) is 2.56. The van der Waals surface area contributed by atoms with Crippen LogP contribution in [0.1, 0.15) is 0 Å². The van der Waals surface area contributed by atoms with Crippen molar-refractivity contribution in [2.75, 3.05) is 5.75 Å². The van der Waals surface area contributed by atoms with Gasteiger partial charge in [-0.2, -0.15) is 0 Å². The van der Waals surface area contributed by atoms with Crippen LogP contribution in [0.15, 0.2) is 0 Å². The van der Waals surface area contributed by atoms with Crippen LogP contribution in [0.3, 0.4) is 0 Å². The molecule has 0 spiro atoms. The van der Waals surface area contributed by atoms with E-state index in [0.717, 1.165) is 0 Å². The molecule has 2 N–H and O–H groups in total. The van der Waals surface area contributed by atoms with Gasteiger partial charge >= 0.3 is 0 Å². The molecule has 0 aliphatic carbocycles. The van der Waals surface area contributed by atoms with Gasteiger partial charge in [-0.1, -0.05) is 11.1 Å². The molecule has 5 nitrogen and oxygen atoms in total. The summed E-state index contributed by atoms with van der Waals surface area (Å²) in [5, 5.41) is 0. The Morgan fingerprint density at radius 2 is 2.30 bits per heavy atom. The summed E-state index contributed by atoms with van der Waals surface area (Å²) in [6, 6.07) is 0. The maximum atomic E-state index is 10.2. The van der Waals surface area contributed by atoms with Gasteiger partial charge in [-0.15, -0.1) is 0 Å². The summed E-state index contributed by atoms with van der Waals surface area (Å²) in [5.74, 6) is -2.66. The lowest BCUT2D eigenvalue weighted by Gasteiger charge is -2.07. The van der Waals surface area contributed by atoms with Gasteiger partial charge in [-0.05, 0) is 0 Å². The van der Waals surface area contributed by atoms with E-state index in [0.29, 0.717) is 0 Å². The van der Waals surface area contributed by atoms with E-state index >= 15 is 0 Å². The lowest BCUT2D eigenvalue weighted by Crippen LogP contribution is -2.28. The van der Waals surface area contributed by atoms with Crippen LogP contribution in [0.4, 0.5) is 0 Å². The molecule has 0 radical (unpaired) electrons. The fraction of sp³-hybridized carbons (Fsp3) is 0.500. The summed E-state index contributed by atoms with van der Waals surface area (Å²) in [6.07, 6.45) is 0.220. The Labute approximate surface area is 59.9 Å². The zero-order chi connectivity index (χ0) is 8.15. The van der Waals surface area contributed by atoms with Gasteiger partial charge in [-0.25, -0.2) is 0 Å². The Bertz CT molecular complexity index is 169. The van der Waals surface area contributed by atoms with E-state index in [1.165, 1.54) is 0 Å². The Morgan fingerprint density at radius 1 is 1.80 bits per heavy atom. The van der Waals surface area contributed by atoms with Crippen LogP contribution < -0.4 is 5.73 Å². The monoisotopic (exact) mass is 164 g/mol. The van der Waals surface area contributed by atoms with Crippen molar-refractivity contribution in [1.82, 2.24) is 0 Å². The number of amides is 1. The Kier molecular flexibility index (Phi) is 3.82. The minimum Gasteiger partial charge on any atom is -0.772 e. The molecule has 0 aromatic heterocycles. The van der Waals surface area contributed by atoms with E-state index in [4.69, 9.17) is 0 Å². The molecule has 0 fully saturated rings. The van der Waals surface area contributed by atoms with E-state index in [9.17, 15) is 18.4 Å². The molecule has 1 amide bonds. The van der Waals surface area contributed by atoms with Crippen LogP contribution in [-0.4, -0.2) is 26.7 Å². The van der Waals surface area contributed by atoms with E-state index in [-0.39, 0.29) is 6.29 Å². The van der Waals surface area contributed by atoms with Gasteiger partial charge in [0.1, 0.15) is 12.2 Å². The maximum Gasteiger partial charge on any atom is 0.228 e. The lowest BCUT2D eigenvalue weighted by atomic mass is 10.2. The van der Waals surface area contributed by atoms with Crippen LogP contribution in [0.5, 0.6) is 0 Å². The number of primary amides is 1. The molecule has 0 aliphatic heterocycles. The van der Waals surface area contributed by atoms with Crippen molar-refractivity contribution in [3.05, 3.63) is 0 Å². The van der Waals surface area contributed by atoms with Crippen molar-refractivity contribution in [3.8, 4) is 0 Å². The SMILES string of the molecule is NC(=O)C(C=O)CS(=O)[O-]. The van der Waals surface area contributed by atoms with E-state index in [1.807, 2.05) is 0 Å². The van der Waals surface area contributed by atoms with Crippen molar-refractivity contribution in [1.29, 1.82) is 0 Å². The number of hydrogen-bond donors (Lipinski definition) is 1. The number of rotatable bonds is 4. The normalized spacial score (nSPS) is 15.7. The van der Waals surface area contributed by atoms with E-state index in [1.54, 1.807) is 0 Å². The highest BCUT2D eigenvalue weighted by atomic mass is 32.2. The van der Waals surface area contributed by atoms with E-state index in [2.05, 4.69) is 5.73 Å². The molecule has 10 heavy (non-hydrogen) atoms. The fourth-order valence-electron chi connectivity index (χ4n) is 0.335. The molecule has 0 aromatic carbocycles. The van der Waals surface area contributed by atoms with E-state index < -0.39 is 28.7 Å². The summed E-state index contributed by atoms with van der Waals surface area (Å²) >= 11 is -2.40. The third-order valence-corrected chi connectivity index (χ3v) is 1.48. The van der Waals surface area contributed by atoms with Crippen LogP contribution >= 0.6 is 0 Å². The summed E-state index contributed by atoms with van der Waals surface area (Å²) in [6.45, 7) is 0. The number of hydrogen-bond acceptors (Lipinski definition) is 4. The third kappa shape index (κ3) is 3.31. The maximum absolute atomic E-state index is 10.2. The van der Waals surface area contributed by atoms with Crippen molar-refractivity contribution < 1.29 is 18.4 Å². The molecule has 0 saturated heterocycles. The summed E-state index contributed by atoms with van der Waals surface area (Å²) in [5.41, 5.74) is 4.65. The molecule has 0 aromatic rings. The number of aldehydes is 1. The van der Waals surface area contributed by atoms with Crippen LogP contribution in [0.25, 0.3) is 0 Å². The van der Waals surface area contributed by atoms with Crippen LogP contribution in [0.2, 0.25) is 0 Å². The average Bonchev–Trinajstić information content (AvgIpc) is 1.81. The minimum absolute atomic E-state index is 0.220. The molecule has 2 unspecified atom stereocenters. The summed E-state index contributed by atoms with van der Waals surface area (Å²) in [4.78, 5) is 20.1.